The van der Waals surface area contributed by atoms with E-state index in [1.54, 1.807) is 6.33 Å². The molecule has 1 unspecified atom stereocenters. The molecule has 0 amide bonds. The molecule has 0 radical (unpaired) electrons. The molecule has 0 spiro atoms. The first-order valence-electron chi connectivity index (χ1n) is 7.41. The van der Waals surface area contributed by atoms with Crippen LogP contribution in [0.25, 0.3) is 0 Å². The first-order chi connectivity index (χ1) is 10.3. The molecule has 1 aromatic carbocycles. The monoisotopic (exact) mass is 319 g/mol. The van der Waals surface area contributed by atoms with E-state index in [4.69, 9.17) is 5.73 Å². The summed E-state index contributed by atoms with van der Waals surface area (Å²) >= 11 is 0. The average molecular weight is 320 g/mol. The highest BCUT2D eigenvalue weighted by atomic mass is 35.5. The van der Waals surface area contributed by atoms with Crippen LogP contribution in [-0.2, 0) is 6.54 Å². The average Bonchev–Trinajstić information content (AvgIpc) is 2.54. The molecule has 0 bridgehead atoms. The number of aromatic nitrogens is 2. The normalized spacial score (nSPS) is 17.7. The summed E-state index contributed by atoms with van der Waals surface area (Å²) in [6.07, 6.45) is 3.83. The number of nitrogens with zero attached hydrogens (tertiary/aromatic N) is 3. The van der Waals surface area contributed by atoms with Crippen LogP contribution in [0.15, 0.2) is 42.7 Å². The number of hydrogen-bond acceptors (Lipinski definition) is 5. The van der Waals surface area contributed by atoms with Crippen molar-refractivity contribution < 1.29 is 0 Å². The molecule has 1 atom stereocenters. The molecule has 5 nitrogen and oxygen atoms in total. The molecule has 0 aliphatic carbocycles. The van der Waals surface area contributed by atoms with Gasteiger partial charge in [-0.15, -0.1) is 12.4 Å². The maximum atomic E-state index is 6.03. The SMILES string of the molecule is Cl.NC1CCCN(c2cc(NCc3ccccc3)ncn2)C1. The fourth-order valence-corrected chi connectivity index (χ4v) is 2.62. The molecule has 1 aliphatic rings. The van der Waals surface area contributed by atoms with Crippen LogP contribution < -0.4 is 16.0 Å². The largest absolute Gasteiger partial charge is 0.366 e. The Morgan fingerprint density at radius 3 is 2.82 bits per heavy atom. The summed E-state index contributed by atoms with van der Waals surface area (Å²) < 4.78 is 0. The minimum Gasteiger partial charge on any atom is -0.366 e. The Balaban J connectivity index is 0.00000176. The van der Waals surface area contributed by atoms with Crippen molar-refractivity contribution in [2.24, 2.45) is 5.73 Å². The Kier molecular flexibility index (Phi) is 5.98. The van der Waals surface area contributed by atoms with Crippen LogP contribution in [0.4, 0.5) is 11.6 Å². The lowest BCUT2D eigenvalue weighted by Gasteiger charge is -2.31. The highest BCUT2D eigenvalue weighted by molar-refractivity contribution is 5.85. The van der Waals surface area contributed by atoms with E-state index < -0.39 is 0 Å². The van der Waals surface area contributed by atoms with Gasteiger partial charge < -0.3 is 16.0 Å². The number of anilines is 2. The number of nitrogens with two attached hydrogens (primary N) is 1. The molecule has 3 rings (SSSR count). The van der Waals surface area contributed by atoms with Crippen LogP contribution in [0.1, 0.15) is 18.4 Å². The van der Waals surface area contributed by atoms with Gasteiger partial charge in [0.2, 0.25) is 0 Å². The lowest BCUT2D eigenvalue weighted by Crippen LogP contribution is -2.43. The number of hydrogen-bond donors (Lipinski definition) is 2. The molecule has 2 aromatic rings. The summed E-state index contributed by atoms with van der Waals surface area (Å²) in [6.45, 7) is 2.65. The molecule has 1 saturated heterocycles. The number of benzene rings is 1. The summed E-state index contributed by atoms with van der Waals surface area (Å²) in [4.78, 5) is 10.9. The summed E-state index contributed by atoms with van der Waals surface area (Å²) in [5.74, 6) is 1.80. The van der Waals surface area contributed by atoms with Gasteiger partial charge in [0.25, 0.3) is 0 Å². The predicted molar refractivity (Wildman–Crippen MR) is 92.5 cm³/mol. The topological polar surface area (TPSA) is 67.1 Å². The lowest BCUT2D eigenvalue weighted by atomic mass is 10.1. The number of halogens is 1. The smallest absolute Gasteiger partial charge is 0.134 e. The van der Waals surface area contributed by atoms with Gasteiger partial charge in [-0.25, -0.2) is 9.97 Å². The molecule has 6 heteroatoms. The van der Waals surface area contributed by atoms with Gasteiger partial charge in [-0.2, -0.15) is 0 Å². The number of nitrogens with one attached hydrogen (secondary N) is 1. The van der Waals surface area contributed by atoms with Crippen molar-refractivity contribution in [1.82, 2.24) is 9.97 Å². The molecule has 3 N–H and O–H groups in total. The molecule has 1 fully saturated rings. The van der Waals surface area contributed by atoms with Crippen molar-refractivity contribution in [1.29, 1.82) is 0 Å². The van der Waals surface area contributed by atoms with Crippen LogP contribution in [-0.4, -0.2) is 29.1 Å². The van der Waals surface area contributed by atoms with Gasteiger partial charge >= 0.3 is 0 Å². The molecule has 1 aromatic heterocycles. The molecular weight excluding hydrogens is 298 g/mol. The fraction of sp³-hybridized carbons (Fsp3) is 0.375. The van der Waals surface area contributed by atoms with Gasteiger partial charge in [0.15, 0.2) is 0 Å². The quantitative estimate of drug-likeness (QED) is 0.906. The second-order valence-corrected chi connectivity index (χ2v) is 5.45. The van der Waals surface area contributed by atoms with E-state index >= 15 is 0 Å². The maximum Gasteiger partial charge on any atom is 0.134 e. The van der Waals surface area contributed by atoms with Gasteiger partial charge in [0.05, 0.1) is 0 Å². The minimum atomic E-state index is 0. The van der Waals surface area contributed by atoms with Gasteiger partial charge in [-0.05, 0) is 18.4 Å². The third kappa shape index (κ3) is 4.32. The maximum absolute atomic E-state index is 6.03. The molecule has 0 saturated carbocycles. The Labute approximate surface area is 137 Å². The zero-order chi connectivity index (χ0) is 14.5. The van der Waals surface area contributed by atoms with Crippen LogP contribution in [0, 0.1) is 0 Å². The molecule has 1 aliphatic heterocycles. The Bertz CT molecular complexity index is 578. The highest BCUT2D eigenvalue weighted by Gasteiger charge is 2.18. The van der Waals surface area contributed by atoms with E-state index in [-0.39, 0.29) is 18.4 Å². The first kappa shape index (κ1) is 16.5. The third-order valence-electron chi connectivity index (χ3n) is 3.75. The minimum absolute atomic E-state index is 0. The molecule has 22 heavy (non-hydrogen) atoms. The van der Waals surface area contributed by atoms with E-state index in [2.05, 4.69) is 32.3 Å². The van der Waals surface area contributed by atoms with Gasteiger partial charge in [0, 0.05) is 31.7 Å². The van der Waals surface area contributed by atoms with Crippen molar-refractivity contribution in [3.05, 3.63) is 48.3 Å². The standard InChI is InChI=1S/C16H21N5.ClH/c17-14-7-4-8-21(11-14)16-9-15(19-12-20-16)18-10-13-5-2-1-3-6-13;/h1-3,5-6,9,12,14H,4,7-8,10-11,17H2,(H,18,19,20);1H. The molecular formula is C16H22ClN5. The van der Waals surface area contributed by atoms with Crippen molar-refractivity contribution in [3.63, 3.8) is 0 Å². The van der Waals surface area contributed by atoms with Crippen molar-refractivity contribution >= 4 is 24.0 Å². The molecule has 2 heterocycles. The predicted octanol–water partition coefficient (Wildman–Crippen LogP) is 2.44. The number of rotatable bonds is 4. The van der Waals surface area contributed by atoms with Crippen LogP contribution >= 0.6 is 12.4 Å². The lowest BCUT2D eigenvalue weighted by molar-refractivity contribution is 0.503. The van der Waals surface area contributed by atoms with Gasteiger partial charge in [-0.3, -0.25) is 0 Å². The summed E-state index contributed by atoms with van der Waals surface area (Å²) in [7, 11) is 0. The second-order valence-electron chi connectivity index (χ2n) is 5.45. The second kappa shape index (κ2) is 7.96. The van der Waals surface area contributed by atoms with Crippen LogP contribution in [0.2, 0.25) is 0 Å². The van der Waals surface area contributed by atoms with Crippen molar-refractivity contribution in [2.75, 3.05) is 23.3 Å². The number of piperidine rings is 1. The zero-order valence-corrected chi connectivity index (χ0v) is 13.3. The van der Waals surface area contributed by atoms with Crippen molar-refractivity contribution in [3.8, 4) is 0 Å². The van der Waals surface area contributed by atoms with Gasteiger partial charge in [-0.1, -0.05) is 30.3 Å². The Morgan fingerprint density at radius 1 is 1.23 bits per heavy atom. The van der Waals surface area contributed by atoms with E-state index in [0.29, 0.717) is 0 Å². The van der Waals surface area contributed by atoms with Gasteiger partial charge in [0.1, 0.15) is 18.0 Å². The van der Waals surface area contributed by atoms with E-state index in [0.717, 1.165) is 44.1 Å². The summed E-state index contributed by atoms with van der Waals surface area (Å²) in [5.41, 5.74) is 7.27. The van der Waals surface area contributed by atoms with E-state index in [1.165, 1.54) is 5.56 Å². The first-order valence-corrected chi connectivity index (χ1v) is 7.41. The third-order valence-corrected chi connectivity index (χ3v) is 3.75. The summed E-state index contributed by atoms with van der Waals surface area (Å²) in [5, 5.41) is 3.34. The van der Waals surface area contributed by atoms with Crippen molar-refractivity contribution in [2.45, 2.75) is 25.4 Å². The zero-order valence-electron chi connectivity index (χ0n) is 12.5. The molecule has 118 valence electrons. The Hall–Kier alpha value is -1.85. The summed E-state index contributed by atoms with van der Waals surface area (Å²) in [6, 6.07) is 12.5. The highest BCUT2D eigenvalue weighted by Crippen LogP contribution is 2.19. The van der Waals surface area contributed by atoms with E-state index in [9.17, 15) is 0 Å². The van der Waals surface area contributed by atoms with Crippen LogP contribution in [0.3, 0.4) is 0 Å². The van der Waals surface area contributed by atoms with E-state index in [1.807, 2.05) is 24.3 Å². The fourth-order valence-electron chi connectivity index (χ4n) is 2.62. The van der Waals surface area contributed by atoms with Crippen LogP contribution in [0.5, 0.6) is 0 Å². The Morgan fingerprint density at radius 2 is 2.05 bits per heavy atom.